The molecule has 0 aromatic heterocycles. The van der Waals surface area contributed by atoms with Crippen LogP contribution in [-0.4, -0.2) is 11.8 Å². The third kappa shape index (κ3) is 3.51. The van der Waals surface area contributed by atoms with E-state index >= 15 is 0 Å². The largest absolute Gasteiger partial charge is 0.350 e. The second kappa shape index (κ2) is 7.81. The van der Waals surface area contributed by atoms with Gasteiger partial charge >= 0.3 is 0 Å². The fourth-order valence-corrected chi connectivity index (χ4v) is 3.61. The lowest BCUT2D eigenvalue weighted by Gasteiger charge is -2.16. The van der Waals surface area contributed by atoms with Crippen LogP contribution in [0, 0.1) is 20.8 Å². The number of nitrogens with one attached hydrogen (secondary N) is 1. The van der Waals surface area contributed by atoms with E-state index in [1.807, 2.05) is 69.3 Å². The van der Waals surface area contributed by atoms with Crippen molar-refractivity contribution in [2.75, 3.05) is 10.2 Å². The monoisotopic (exact) mass is 416 g/mol. The number of rotatable bonds is 4. The van der Waals surface area contributed by atoms with Gasteiger partial charge in [-0.1, -0.05) is 54.1 Å². The number of anilines is 2. The van der Waals surface area contributed by atoms with Crippen molar-refractivity contribution in [2.45, 2.75) is 20.8 Å². The summed E-state index contributed by atoms with van der Waals surface area (Å²) < 4.78 is 0. The van der Waals surface area contributed by atoms with Crippen LogP contribution in [0.3, 0.4) is 0 Å². The molecule has 1 aliphatic rings. The molecule has 0 fully saturated rings. The van der Waals surface area contributed by atoms with Gasteiger partial charge in [0.2, 0.25) is 0 Å². The molecule has 4 rings (SSSR count). The Morgan fingerprint density at radius 2 is 1.47 bits per heavy atom. The number of hydrogen-bond donors (Lipinski definition) is 1. The third-order valence-electron chi connectivity index (χ3n) is 5.34. The first-order valence-electron chi connectivity index (χ1n) is 9.65. The fraction of sp³-hybridized carbons (Fsp3) is 0.120. The molecule has 1 N–H and O–H groups in total. The van der Waals surface area contributed by atoms with E-state index in [-0.39, 0.29) is 11.6 Å². The van der Waals surface area contributed by atoms with Crippen LogP contribution in [0.15, 0.2) is 72.4 Å². The van der Waals surface area contributed by atoms with Crippen molar-refractivity contribution >= 4 is 40.4 Å². The Labute approximate surface area is 180 Å². The zero-order chi connectivity index (χ0) is 21.4. The summed E-state index contributed by atoms with van der Waals surface area (Å²) in [6.07, 6.45) is 0. The van der Waals surface area contributed by atoms with Crippen LogP contribution < -0.4 is 10.2 Å². The molecule has 3 aromatic rings. The molecule has 3 aromatic carbocycles. The van der Waals surface area contributed by atoms with E-state index in [1.54, 1.807) is 18.2 Å². The van der Waals surface area contributed by atoms with E-state index in [1.165, 1.54) is 4.90 Å². The average molecular weight is 417 g/mol. The minimum Gasteiger partial charge on any atom is -0.350 e. The Balaban J connectivity index is 1.85. The molecule has 0 bridgehead atoms. The van der Waals surface area contributed by atoms with Gasteiger partial charge in [-0.25, -0.2) is 4.90 Å². The average Bonchev–Trinajstić information content (AvgIpc) is 2.97. The van der Waals surface area contributed by atoms with Gasteiger partial charge < -0.3 is 5.32 Å². The number of hydrogen-bond acceptors (Lipinski definition) is 3. The van der Waals surface area contributed by atoms with Gasteiger partial charge in [0.05, 0.1) is 11.3 Å². The number of halogens is 1. The predicted octanol–water partition coefficient (Wildman–Crippen LogP) is 5.66. The van der Waals surface area contributed by atoms with Crippen molar-refractivity contribution < 1.29 is 9.59 Å². The van der Waals surface area contributed by atoms with Crippen LogP contribution in [0.5, 0.6) is 0 Å². The van der Waals surface area contributed by atoms with Gasteiger partial charge in [0, 0.05) is 10.7 Å². The van der Waals surface area contributed by atoms with Crippen molar-refractivity contribution in [3.63, 3.8) is 0 Å². The van der Waals surface area contributed by atoms with E-state index in [0.717, 1.165) is 22.4 Å². The lowest BCUT2D eigenvalue weighted by molar-refractivity contribution is -0.120. The van der Waals surface area contributed by atoms with Crippen LogP contribution in [-0.2, 0) is 9.59 Å². The highest BCUT2D eigenvalue weighted by molar-refractivity contribution is 6.46. The summed E-state index contributed by atoms with van der Waals surface area (Å²) in [4.78, 5) is 28.0. The van der Waals surface area contributed by atoms with Gasteiger partial charge in [0.25, 0.3) is 11.8 Å². The quantitative estimate of drug-likeness (QED) is 0.558. The fourth-order valence-electron chi connectivity index (χ4n) is 3.43. The molecular formula is C25H21ClN2O2. The molecule has 0 unspecified atom stereocenters. The standard InChI is InChI=1S/C25H21ClN2O2/c1-15-9-11-18(13-17(15)3)22-23(27-19-7-5-4-6-8-19)25(30)28(24(22)29)20-12-10-16(2)21(26)14-20/h4-14,27H,1-3H3. The van der Waals surface area contributed by atoms with Crippen molar-refractivity contribution in [1.29, 1.82) is 0 Å². The number of benzene rings is 3. The van der Waals surface area contributed by atoms with Crippen molar-refractivity contribution in [3.8, 4) is 0 Å². The minimum atomic E-state index is -0.406. The Morgan fingerprint density at radius 1 is 0.767 bits per heavy atom. The number of carbonyl (C=O) groups excluding carboxylic acids is 2. The smallest absolute Gasteiger partial charge is 0.282 e. The molecule has 0 spiro atoms. The molecule has 1 aliphatic heterocycles. The van der Waals surface area contributed by atoms with Crippen LogP contribution in [0.1, 0.15) is 22.3 Å². The Hall–Kier alpha value is -3.37. The highest BCUT2D eigenvalue weighted by Crippen LogP contribution is 2.35. The first kappa shape index (κ1) is 19.9. The summed E-state index contributed by atoms with van der Waals surface area (Å²) in [5.41, 5.74) is 5.55. The molecule has 0 radical (unpaired) electrons. The molecule has 0 saturated carbocycles. The minimum absolute atomic E-state index is 0.256. The molecule has 2 amide bonds. The molecule has 150 valence electrons. The second-order valence-electron chi connectivity index (χ2n) is 7.42. The van der Waals surface area contributed by atoms with Crippen molar-refractivity contribution in [2.24, 2.45) is 0 Å². The van der Waals surface area contributed by atoms with E-state index in [4.69, 9.17) is 11.6 Å². The van der Waals surface area contributed by atoms with E-state index in [0.29, 0.717) is 21.8 Å². The molecule has 0 saturated heterocycles. The predicted molar refractivity (Wildman–Crippen MR) is 122 cm³/mol. The molecule has 0 atom stereocenters. The summed E-state index contributed by atoms with van der Waals surface area (Å²) >= 11 is 6.27. The Morgan fingerprint density at radius 3 is 2.13 bits per heavy atom. The maximum atomic E-state index is 13.5. The van der Waals surface area contributed by atoms with Gasteiger partial charge in [-0.3, -0.25) is 9.59 Å². The van der Waals surface area contributed by atoms with Gasteiger partial charge in [-0.15, -0.1) is 0 Å². The summed E-state index contributed by atoms with van der Waals surface area (Å²) in [7, 11) is 0. The lowest BCUT2D eigenvalue weighted by Crippen LogP contribution is -2.32. The summed E-state index contributed by atoms with van der Waals surface area (Å²) in [6, 6.07) is 20.3. The zero-order valence-corrected chi connectivity index (χ0v) is 17.7. The van der Waals surface area contributed by atoms with Crippen LogP contribution in [0.4, 0.5) is 11.4 Å². The molecule has 4 nitrogen and oxygen atoms in total. The summed E-state index contributed by atoms with van der Waals surface area (Å²) in [5, 5.41) is 3.67. The van der Waals surface area contributed by atoms with Crippen molar-refractivity contribution in [1.82, 2.24) is 0 Å². The van der Waals surface area contributed by atoms with Gasteiger partial charge in [0.1, 0.15) is 5.70 Å². The van der Waals surface area contributed by atoms with E-state index < -0.39 is 5.91 Å². The number of imide groups is 1. The highest BCUT2D eigenvalue weighted by Gasteiger charge is 2.40. The molecule has 1 heterocycles. The molecule has 5 heteroatoms. The molecular weight excluding hydrogens is 396 g/mol. The van der Waals surface area contributed by atoms with Gasteiger partial charge in [-0.05, 0) is 67.3 Å². The number of amides is 2. The summed E-state index contributed by atoms with van der Waals surface area (Å²) in [5.74, 6) is -0.779. The van der Waals surface area contributed by atoms with Crippen LogP contribution in [0.25, 0.3) is 5.57 Å². The van der Waals surface area contributed by atoms with Crippen LogP contribution >= 0.6 is 11.6 Å². The summed E-state index contributed by atoms with van der Waals surface area (Å²) in [6.45, 7) is 5.88. The van der Waals surface area contributed by atoms with Gasteiger partial charge in [0.15, 0.2) is 0 Å². The first-order valence-corrected chi connectivity index (χ1v) is 10.0. The zero-order valence-electron chi connectivity index (χ0n) is 17.0. The highest BCUT2D eigenvalue weighted by atomic mass is 35.5. The third-order valence-corrected chi connectivity index (χ3v) is 5.74. The maximum Gasteiger partial charge on any atom is 0.282 e. The van der Waals surface area contributed by atoms with Crippen molar-refractivity contribution in [3.05, 3.63) is 99.7 Å². The van der Waals surface area contributed by atoms with Crippen LogP contribution in [0.2, 0.25) is 5.02 Å². The normalized spacial score (nSPS) is 13.9. The molecule has 30 heavy (non-hydrogen) atoms. The number of carbonyl (C=O) groups is 2. The lowest BCUT2D eigenvalue weighted by atomic mass is 9.99. The maximum absolute atomic E-state index is 13.5. The number of aryl methyl sites for hydroxylation is 3. The second-order valence-corrected chi connectivity index (χ2v) is 7.83. The van der Waals surface area contributed by atoms with E-state index in [9.17, 15) is 9.59 Å². The molecule has 0 aliphatic carbocycles. The number of nitrogens with zero attached hydrogens (tertiary/aromatic N) is 1. The Kier molecular flexibility index (Phi) is 5.18. The first-order chi connectivity index (χ1) is 14.4. The Bertz CT molecular complexity index is 1200. The van der Waals surface area contributed by atoms with Gasteiger partial charge in [-0.2, -0.15) is 0 Å². The topological polar surface area (TPSA) is 49.4 Å². The SMILES string of the molecule is Cc1ccc(C2=C(Nc3ccccc3)C(=O)N(c3ccc(C)c(Cl)c3)C2=O)cc1C. The number of para-hydroxylation sites is 1. The van der Waals surface area contributed by atoms with E-state index in [2.05, 4.69) is 5.32 Å².